The van der Waals surface area contributed by atoms with E-state index in [1.165, 1.54) is 17.0 Å². The van der Waals surface area contributed by atoms with Gasteiger partial charge >= 0.3 is 0 Å². The first-order valence-corrected chi connectivity index (χ1v) is 6.44. The topological polar surface area (TPSA) is 69.6 Å². The maximum absolute atomic E-state index is 13.0. The number of hydrogen-bond donors (Lipinski definition) is 2. The molecule has 1 aliphatic rings. The lowest BCUT2D eigenvalue weighted by molar-refractivity contribution is -0.128. The van der Waals surface area contributed by atoms with Crippen molar-refractivity contribution < 1.29 is 19.1 Å². The van der Waals surface area contributed by atoms with Crippen LogP contribution in [0.3, 0.4) is 0 Å². The van der Waals surface area contributed by atoms with Gasteiger partial charge in [-0.25, -0.2) is 4.39 Å². The predicted octanol–water partition coefficient (Wildman–Crippen LogP) is 0.454. The lowest BCUT2D eigenvalue weighted by Gasteiger charge is -2.24. The van der Waals surface area contributed by atoms with E-state index in [0.717, 1.165) is 5.56 Å². The molecule has 1 aromatic carbocycles. The van der Waals surface area contributed by atoms with Gasteiger partial charge in [0.2, 0.25) is 11.8 Å². The molecule has 1 aromatic rings. The third-order valence-electron chi connectivity index (χ3n) is 3.55. The van der Waals surface area contributed by atoms with E-state index in [4.69, 9.17) is 5.11 Å². The number of nitrogens with zero attached hydrogens (tertiary/aromatic N) is 1. The molecule has 0 bridgehead atoms. The van der Waals surface area contributed by atoms with Gasteiger partial charge in [-0.15, -0.1) is 0 Å². The molecule has 2 N–H and O–H groups in total. The first-order valence-electron chi connectivity index (χ1n) is 6.44. The zero-order valence-electron chi connectivity index (χ0n) is 11.2. The highest BCUT2D eigenvalue weighted by Crippen LogP contribution is 2.37. The number of carbonyl (C=O) groups excluding carboxylic acids is 2. The van der Waals surface area contributed by atoms with Crippen LogP contribution in [0.25, 0.3) is 0 Å². The number of aliphatic hydroxyl groups is 1. The van der Waals surface area contributed by atoms with Crippen molar-refractivity contribution in [2.45, 2.75) is 12.5 Å². The van der Waals surface area contributed by atoms with Gasteiger partial charge in [-0.3, -0.25) is 9.59 Å². The Kier molecular flexibility index (Phi) is 4.34. The molecule has 2 amide bonds. The molecule has 0 saturated carbocycles. The minimum Gasteiger partial charge on any atom is -0.395 e. The third kappa shape index (κ3) is 2.80. The largest absolute Gasteiger partial charge is 0.395 e. The number of amides is 2. The number of hydrogen-bond acceptors (Lipinski definition) is 3. The van der Waals surface area contributed by atoms with E-state index in [2.05, 4.69) is 5.32 Å². The van der Waals surface area contributed by atoms with Crippen LogP contribution in [0.5, 0.6) is 0 Å². The molecule has 1 saturated heterocycles. The highest BCUT2D eigenvalue weighted by Gasteiger charge is 2.42. The summed E-state index contributed by atoms with van der Waals surface area (Å²) in [4.78, 5) is 25.4. The molecule has 2 rings (SSSR count). The van der Waals surface area contributed by atoms with Gasteiger partial charge in [0.25, 0.3) is 0 Å². The number of rotatable bonds is 4. The Morgan fingerprint density at radius 2 is 2.10 bits per heavy atom. The molecule has 0 spiro atoms. The Labute approximate surface area is 116 Å². The smallest absolute Gasteiger partial charge is 0.226 e. The van der Waals surface area contributed by atoms with Gasteiger partial charge in [-0.1, -0.05) is 12.1 Å². The average molecular weight is 280 g/mol. The van der Waals surface area contributed by atoms with E-state index < -0.39 is 12.0 Å². The molecule has 108 valence electrons. The van der Waals surface area contributed by atoms with Crippen molar-refractivity contribution in [2.75, 3.05) is 20.2 Å². The summed E-state index contributed by atoms with van der Waals surface area (Å²) < 4.78 is 13.0. The highest BCUT2D eigenvalue weighted by atomic mass is 19.1. The van der Waals surface area contributed by atoms with Crippen LogP contribution in [0.15, 0.2) is 24.3 Å². The Morgan fingerprint density at radius 3 is 2.70 bits per heavy atom. The molecule has 1 aliphatic heterocycles. The number of aliphatic hydroxyl groups excluding tert-OH is 1. The third-order valence-corrected chi connectivity index (χ3v) is 3.55. The second-order valence-electron chi connectivity index (χ2n) is 4.83. The van der Waals surface area contributed by atoms with E-state index in [1.54, 1.807) is 19.2 Å². The molecule has 20 heavy (non-hydrogen) atoms. The van der Waals surface area contributed by atoms with Crippen LogP contribution in [0.1, 0.15) is 18.0 Å². The van der Waals surface area contributed by atoms with Crippen molar-refractivity contribution in [3.63, 3.8) is 0 Å². The van der Waals surface area contributed by atoms with Crippen molar-refractivity contribution in [2.24, 2.45) is 5.92 Å². The molecule has 0 aromatic heterocycles. The maximum atomic E-state index is 13.0. The average Bonchev–Trinajstić information content (AvgIpc) is 2.73. The monoisotopic (exact) mass is 280 g/mol. The van der Waals surface area contributed by atoms with Crippen molar-refractivity contribution >= 4 is 11.8 Å². The van der Waals surface area contributed by atoms with Gasteiger partial charge in [0.15, 0.2) is 0 Å². The molecular formula is C14H17FN2O3. The van der Waals surface area contributed by atoms with Crippen LogP contribution in [-0.4, -0.2) is 42.0 Å². The SMILES string of the molecule is CN1C(=O)C[C@@H](C(=O)NCCO)[C@@H]1c1ccc(F)cc1. The van der Waals surface area contributed by atoms with Gasteiger partial charge in [-0.2, -0.15) is 0 Å². The van der Waals surface area contributed by atoms with E-state index in [-0.39, 0.29) is 37.2 Å². The van der Waals surface area contributed by atoms with Gasteiger partial charge in [0, 0.05) is 20.0 Å². The second-order valence-corrected chi connectivity index (χ2v) is 4.83. The normalized spacial score (nSPS) is 22.1. The first kappa shape index (κ1) is 14.5. The summed E-state index contributed by atoms with van der Waals surface area (Å²) in [5.74, 6) is -1.28. The second kappa shape index (κ2) is 6.00. The Balaban J connectivity index is 2.24. The van der Waals surface area contributed by atoms with Gasteiger partial charge in [-0.05, 0) is 17.7 Å². The fraction of sp³-hybridized carbons (Fsp3) is 0.429. The number of benzene rings is 1. The summed E-state index contributed by atoms with van der Waals surface area (Å²) in [6.07, 6.45) is 0.121. The van der Waals surface area contributed by atoms with Gasteiger partial charge < -0.3 is 15.3 Å². The summed E-state index contributed by atoms with van der Waals surface area (Å²) in [5, 5.41) is 11.3. The molecular weight excluding hydrogens is 263 g/mol. The molecule has 5 nitrogen and oxygen atoms in total. The molecule has 2 atom stereocenters. The molecule has 0 aliphatic carbocycles. The van der Waals surface area contributed by atoms with Crippen molar-refractivity contribution in [3.8, 4) is 0 Å². The van der Waals surface area contributed by atoms with Crippen LogP contribution >= 0.6 is 0 Å². The summed E-state index contributed by atoms with van der Waals surface area (Å²) >= 11 is 0. The lowest BCUT2D eigenvalue weighted by atomic mass is 9.93. The fourth-order valence-corrected chi connectivity index (χ4v) is 2.53. The summed E-state index contributed by atoms with van der Waals surface area (Å²) in [5.41, 5.74) is 0.726. The Hall–Kier alpha value is -1.95. The zero-order chi connectivity index (χ0) is 14.7. The number of carbonyl (C=O) groups is 2. The van der Waals surface area contributed by atoms with E-state index >= 15 is 0 Å². The van der Waals surface area contributed by atoms with Crippen molar-refractivity contribution in [3.05, 3.63) is 35.6 Å². The summed E-state index contributed by atoms with van der Waals surface area (Å²) in [6.45, 7) is 0.00678. The van der Waals surface area contributed by atoms with E-state index in [9.17, 15) is 14.0 Å². The summed E-state index contributed by atoms with van der Waals surface area (Å²) in [7, 11) is 1.63. The van der Waals surface area contributed by atoms with Crippen LogP contribution in [0, 0.1) is 11.7 Å². The minimum atomic E-state index is -0.524. The summed E-state index contributed by atoms with van der Waals surface area (Å²) in [6, 6.07) is 5.40. The quantitative estimate of drug-likeness (QED) is 0.841. The molecule has 6 heteroatoms. The van der Waals surface area contributed by atoms with E-state index in [0.29, 0.717) is 0 Å². The lowest BCUT2D eigenvalue weighted by Crippen LogP contribution is -2.35. The van der Waals surface area contributed by atoms with Crippen LogP contribution < -0.4 is 5.32 Å². The molecule has 1 heterocycles. The fourth-order valence-electron chi connectivity index (χ4n) is 2.53. The minimum absolute atomic E-state index is 0.121. The predicted molar refractivity (Wildman–Crippen MR) is 70.1 cm³/mol. The number of nitrogens with one attached hydrogen (secondary N) is 1. The van der Waals surface area contributed by atoms with Crippen LogP contribution in [-0.2, 0) is 9.59 Å². The van der Waals surface area contributed by atoms with Crippen LogP contribution in [0.2, 0.25) is 0 Å². The number of likely N-dealkylation sites (tertiary alicyclic amines) is 1. The standard InChI is InChI=1S/C14H17FN2O3/c1-17-12(19)8-11(14(20)16-6-7-18)13(17)9-2-4-10(15)5-3-9/h2-5,11,13,18H,6-8H2,1H3,(H,16,20)/t11-,13+/m1/s1. The Bertz CT molecular complexity index is 504. The highest BCUT2D eigenvalue weighted by molar-refractivity contribution is 5.90. The van der Waals surface area contributed by atoms with Crippen molar-refractivity contribution in [1.29, 1.82) is 0 Å². The number of halogens is 1. The molecule has 0 radical (unpaired) electrons. The van der Waals surface area contributed by atoms with Gasteiger partial charge in [0.05, 0.1) is 18.6 Å². The van der Waals surface area contributed by atoms with Gasteiger partial charge in [0.1, 0.15) is 5.82 Å². The zero-order valence-corrected chi connectivity index (χ0v) is 11.2. The maximum Gasteiger partial charge on any atom is 0.226 e. The molecule has 1 fully saturated rings. The van der Waals surface area contributed by atoms with Crippen molar-refractivity contribution in [1.82, 2.24) is 10.2 Å². The molecule has 0 unspecified atom stereocenters. The first-order chi connectivity index (χ1) is 9.54. The van der Waals surface area contributed by atoms with Crippen LogP contribution in [0.4, 0.5) is 4.39 Å². The Morgan fingerprint density at radius 1 is 1.45 bits per heavy atom. The van der Waals surface area contributed by atoms with E-state index in [1.807, 2.05) is 0 Å².